The zero-order chi connectivity index (χ0) is 20.9. The molecule has 0 aliphatic carbocycles. The van der Waals surface area contributed by atoms with E-state index in [0.717, 1.165) is 27.8 Å². The van der Waals surface area contributed by atoms with Crippen molar-refractivity contribution in [3.8, 4) is 5.75 Å². The minimum absolute atomic E-state index is 0.107. The van der Waals surface area contributed by atoms with E-state index >= 15 is 0 Å². The van der Waals surface area contributed by atoms with Crippen molar-refractivity contribution in [3.63, 3.8) is 0 Å². The molecule has 1 fully saturated rings. The SMILES string of the molecule is COc1ccc2nccc(C=CC3OCC(NCc4ccc(Cl)c(Cl)c4)CO3)c2c1. The molecule has 2 heterocycles. The van der Waals surface area contributed by atoms with Crippen molar-refractivity contribution in [2.24, 2.45) is 0 Å². The Bertz CT molecular complexity index is 1050. The van der Waals surface area contributed by atoms with Gasteiger partial charge in [0.1, 0.15) is 5.75 Å². The molecule has 0 saturated carbocycles. The number of fused-ring (bicyclic) bond motifs is 1. The highest BCUT2D eigenvalue weighted by Gasteiger charge is 2.20. The highest BCUT2D eigenvalue weighted by molar-refractivity contribution is 6.42. The molecule has 156 valence electrons. The second-order valence-electron chi connectivity index (χ2n) is 7.00. The van der Waals surface area contributed by atoms with Crippen molar-refractivity contribution >= 4 is 40.2 Å². The first kappa shape index (κ1) is 21.1. The Morgan fingerprint density at radius 3 is 2.70 bits per heavy atom. The van der Waals surface area contributed by atoms with Crippen molar-refractivity contribution in [1.82, 2.24) is 10.3 Å². The molecule has 1 aliphatic rings. The van der Waals surface area contributed by atoms with Gasteiger partial charge in [-0.2, -0.15) is 0 Å². The molecule has 7 heteroatoms. The van der Waals surface area contributed by atoms with Gasteiger partial charge >= 0.3 is 0 Å². The average molecular weight is 445 g/mol. The summed E-state index contributed by atoms with van der Waals surface area (Å²) in [5.74, 6) is 0.797. The maximum atomic E-state index is 6.07. The third-order valence-electron chi connectivity index (χ3n) is 4.92. The van der Waals surface area contributed by atoms with E-state index in [1.807, 2.05) is 48.6 Å². The van der Waals surface area contributed by atoms with Crippen molar-refractivity contribution in [1.29, 1.82) is 0 Å². The minimum atomic E-state index is -0.387. The fourth-order valence-corrected chi connectivity index (χ4v) is 3.58. The molecule has 0 spiro atoms. The number of nitrogens with one attached hydrogen (secondary N) is 1. The van der Waals surface area contributed by atoms with Gasteiger partial charge in [-0.1, -0.05) is 35.3 Å². The van der Waals surface area contributed by atoms with Gasteiger partial charge in [-0.05, 0) is 53.6 Å². The van der Waals surface area contributed by atoms with Crippen LogP contribution in [0.15, 0.2) is 54.7 Å². The number of hydrogen-bond donors (Lipinski definition) is 1. The molecule has 0 bridgehead atoms. The molecule has 0 unspecified atom stereocenters. The predicted molar refractivity (Wildman–Crippen MR) is 120 cm³/mol. The molecule has 5 nitrogen and oxygen atoms in total. The van der Waals surface area contributed by atoms with E-state index < -0.39 is 0 Å². The lowest BCUT2D eigenvalue weighted by Gasteiger charge is -2.28. The van der Waals surface area contributed by atoms with Gasteiger partial charge in [0.05, 0.1) is 41.9 Å². The summed E-state index contributed by atoms with van der Waals surface area (Å²) in [7, 11) is 1.66. The second-order valence-corrected chi connectivity index (χ2v) is 7.82. The maximum Gasteiger partial charge on any atom is 0.177 e. The van der Waals surface area contributed by atoms with Gasteiger partial charge in [-0.3, -0.25) is 4.98 Å². The summed E-state index contributed by atoms with van der Waals surface area (Å²) in [6.45, 7) is 1.78. The van der Waals surface area contributed by atoms with Crippen LogP contribution < -0.4 is 10.1 Å². The van der Waals surface area contributed by atoms with Crippen molar-refractivity contribution in [2.75, 3.05) is 20.3 Å². The van der Waals surface area contributed by atoms with E-state index in [2.05, 4.69) is 10.3 Å². The Balaban J connectivity index is 1.33. The maximum absolute atomic E-state index is 6.07. The number of aromatic nitrogens is 1. The van der Waals surface area contributed by atoms with Gasteiger partial charge in [0.25, 0.3) is 0 Å². The topological polar surface area (TPSA) is 52.6 Å². The molecule has 1 saturated heterocycles. The summed E-state index contributed by atoms with van der Waals surface area (Å²) in [6.07, 6.45) is 5.32. The smallest absolute Gasteiger partial charge is 0.177 e. The van der Waals surface area contributed by atoms with E-state index in [-0.39, 0.29) is 12.3 Å². The average Bonchev–Trinajstić information content (AvgIpc) is 2.78. The lowest BCUT2D eigenvalue weighted by atomic mass is 10.1. The number of halogens is 2. The third-order valence-corrected chi connectivity index (χ3v) is 5.66. The van der Waals surface area contributed by atoms with E-state index in [9.17, 15) is 0 Å². The van der Waals surface area contributed by atoms with Crippen molar-refractivity contribution < 1.29 is 14.2 Å². The molecule has 1 N–H and O–H groups in total. The second kappa shape index (κ2) is 9.77. The first-order chi connectivity index (χ1) is 14.6. The molecular formula is C23H22Cl2N2O3. The molecule has 3 aromatic rings. The number of methoxy groups -OCH3 is 1. The molecule has 1 aliphatic heterocycles. The van der Waals surface area contributed by atoms with E-state index in [1.54, 1.807) is 19.4 Å². The summed E-state index contributed by atoms with van der Waals surface area (Å²) < 4.78 is 17.0. The van der Waals surface area contributed by atoms with Crippen LogP contribution in [0.1, 0.15) is 11.1 Å². The normalized spacial score (nSPS) is 19.4. The van der Waals surface area contributed by atoms with Crippen molar-refractivity contribution in [2.45, 2.75) is 18.9 Å². The summed E-state index contributed by atoms with van der Waals surface area (Å²) in [4.78, 5) is 4.40. The Kier molecular flexibility index (Phi) is 6.87. The number of benzene rings is 2. The number of hydrogen-bond acceptors (Lipinski definition) is 5. The molecule has 30 heavy (non-hydrogen) atoms. The highest BCUT2D eigenvalue weighted by Crippen LogP contribution is 2.24. The fourth-order valence-electron chi connectivity index (χ4n) is 3.26. The van der Waals surface area contributed by atoms with Gasteiger partial charge in [0.2, 0.25) is 0 Å². The Morgan fingerprint density at radius 1 is 1.10 bits per heavy atom. The van der Waals surface area contributed by atoms with Gasteiger partial charge < -0.3 is 19.5 Å². The molecule has 1 aromatic heterocycles. The number of nitrogens with zero attached hydrogens (tertiary/aromatic N) is 1. The lowest BCUT2D eigenvalue weighted by molar-refractivity contribution is -0.162. The number of pyridine rings is 1. The predicted octanol–water partition coefficient (Wildman–Crippen LogP) is 5.09. The summed E-state index contributed by atoms with van der Waals surface area (Å²) in [5, 5.41) is 5.55. The van der Waals surface area contributed by atoms with Crippen LogP contribution in [0.3, 0.4) is 0 Å². The van der Waals surface area contributed by atoms with Crippen LogP contribution in [0.25, 0.3) is 17.0 Å². The summed E-state index contributed by atoms with van der Waals surface area (Å²) in [6, 6.07) is 13.5. The molecule has 0 radical (unpaired) electrons. The van der Waals surface area contributed by atoms with Crippen LogP contribution in [0.5, 0.6) is 5.75 Å². The molecule has 0 amide bonds. The van der Waals surface area contributed by atoms with E-state index in [0.29, 0.717) is 29.8 Å². The Hall–Kier alpha value is -2.15. The van der Waals surface area contributed by atoms with Crippen LogP contribution in [0.2, 0.25) is 10.0 Å². The van der Waals surface area contributed by atoms with E-state index in [1.165, 1.54) is 0 Å². The van der Waals surface area contributed by atoms with Gasteiger partial charge in [0.15, 0.2) is 6.29 Å². The Morgan fingerprint density at radius 2 is 1.93 bits per heavy atom. The monoisotopic (exact) mass is 444 g/mol. The number of rotatable bonds is 6. The first-order valence-corrected chi connectivity index (χ1v) is 10.4. The van der Waals surface area contributed by atoms with Crippen LogP contribution in [0.4, 0.5) is 0 Å². The third kappa shape index (κ3) is 5.12. The van der Waals surface area contributed by atoms with Crippen molar-refractivity contribution in [3.05, 3.63) is 75.9 Å². The fraction of sp³-hybridized carbons (Fsp3) is 0.261. The Labute approximate surface area is 185 Å². The van der Waals surface area contributed by atoms with Crippen LogP contribution >= 0.6 is 23.2 Å². The minimum Gasteiger partial charge on any atom is -0.497 e. The van der Waals surface area contributed by atoms with Crippen LogP contribution in [0, 0.1) is 0 Å². The first-order valence-electron chi connectivity index (χ1n) is 9.64. The lowest BCUT2D eigenvalue weighted by Crippen LogP contribution is -2.43. The standard InChI is InChI=1S/C23H22Cl2N2O3/c1-28-18-4-6-22-19(11-18)16(8-9-26-22)3-7-23-29-13-17(14-30-23)27-12-15-2-5-20(24)21(25)10-15/h2-11,17,23,27H,12-14H2,1H3. The highest BCUT2D eigenvalue weighted by atomic mass is 35.5. The molecule has 2 aromatic carbocycles. The van der Waals surface area contributed by atoms with Gasteiger partial charge in [0, 0.05) is 18.1 Å². The quantitative estimate of drug-likeness (QED) is 0.573. The molecular weight excluding hydrogens is 423 g/mol. The summed E-state index contributed by atoms with van der Waals surface area (Å²) in [5.41, 5.74) is 3.01. The zero-order valence-electron chi connectivity index (χ0n) is 16.5. The zero-order valence-corrected chi connectivity index (χ0v) is 18.0. The number of ether oxygens (including phenoxy) is 3. The van der Waals surface area contributed by atoms with Gasteiger partial charge in [-0.15, -0.1) is 0 Å². The largest absolute Gasteiger partial charge is 0.497 e. The van der Waals surface area contributed by atoms with E-state index in [4.69, 9.17) is 37.4 Å². The molecule has 0 atom stereocenters. The van der Waals surface area contributed by atoms with Crippen LogP contribution in [-0.2, 0) is 16.0 Å². The van der Waals surface area contributed by atoms with Gasteiger partial charge in [-0.25, -0.2) is 0 Å². The van der Waals surface area contributed by atoms with Crippen LogP contribution in [-0.4, -0.2) is 37.6 Å². The summed E-state index contributed by atoms with van der Waals surface area (Å²) >= 11 is 12.0. The molecule has 4 rings (SSSR count).